The van der Waals surface area contributed by atoms with Crippen LogP contribution in [0.15, 0.2) is 133 Å². The molecule has 0 saturated heterocycles. The van der Waals surface area contributed by atoms with Crippen LogP contribution in [0.3, 0.4) is 0 Å². The first-order chi connectivity index (χ1) is 35.8. The number of nitrogens with one attached hydrogen (secondary N) is 2. The third kappa shape index (κ3) is 9.72. The van der Waals surface area contributed by atoms with E-state index < -0.39 is 6.29 Å². The summed E-state index contributed by atoms with van der Waals surface area (Å²) in [5.41, 5.74) is 17.6. The Balaban J connectivity index is 0.928. The number of benzene rings is 8. The number of hydrogen-bond donors (Lipinski definition) is 4. The largest absolute Gasteiger partial charge is 0.507 e. The van der Waals surface area contributed by atoms with Gasteiger partial charge in [-0.2, -0.15) is 0 Å². The van der Waals surface area contributed by atoms with Gasteiger partial charge in [-0.1, -0.05) is 151 Å². The number of aryl methyl sites for hydroxylation is 2. The molecule has 0 radical (unpaired) electrons. The van der Waals surface area contributed by atoms with Crippen LogP contribution in [0.4, 0.5) is 0 Å². The molecule has 0 amide bonds. The van der Waals surface area contributed by atoms with Crippen molar-refractivity contribution in [3.63, 3.8) is 0 Å². The minimum absolute atomic E-state index is 0.0111. The summed E-state index contributed by atoms with van der Waals surface area (Å²) in [6, 6.07) is 46.9. The lowest BCUT2D eigenvalue weighted by atomic mass is 9.83. The van der Waals surface area contributed by atoms with Crippen LogP contribution in [-0.2, 0) is 21.7 Å². The van der Waals surface area contributed by atoms with Crippen LogP contribution in [0.1, 0.15) is 136 Å². The molecule has 76 heavy (non-hydrogen) atoms. The van der Waals surface area contributed by atoms with Crippen molar-refractivity contribution in [2.24, 2.45) is 0 Å². The lowest BCUT2D eigenvalue weighted by Crippen LogP contribution is -2.24. The van der Waals surface area contributed by atoms with E-state index in [2.05, 4.69) is 173 Å². The van der Waals surface area contributed by atoms with E-state index in [1.807, 2.05) is 74.5 Å². The molecule has 10 aromatic rings. The van der Waals surface area contributed by atoms with Gasteiger partial charge in [0.15, 0.2) is 0 Å². The zero-order valence-electron chi connectivity index (χ0n) is 47.4. The number of para-hydroxylation sites is 2. The Labute approximate surface area is 450 Å². The highest BCUT2D eigenvalue weighted by atomic mass is 16.7. The lowest BCUT2D eigenvalue weighted by Gasteiger charge is -2.23. The fourth-order valence-electron chi connectivity index (χ4n) is 10.8. The number of ether oxygens (including phenoxy) is 2. The average molecular weight is 1010 g/mol. The Morgan fingerprint density at radius 3 is 1.13 bits per heavy atom. The summed E-state index contributed by atoms with van der Waals surface area (Å²) < 4.78 is 13.4. The summed E-state index contributed by atoms with van der Waals surface area (Å²) >= 11 is 0. The first-order valence-corrected chi connectivity index (χ1v) is 27.2. The summed E-state index contributed by atoms with van der Waals surface area (Å²) in [5, 5.41) is 29.2. The average Bonchev–Trinajstić information content (AvgIpc) is 4.09. The number of phenolic OH excluding ortho intramolecular Hbond substituents is 2. The van der Waals surface area contributed by atoms with Gasteiger partial charge in [-0.25, -0.2) is 0 Å². The highest BCUT2D eigenvalue weighted by Gasteiger charge is 2.26. The maximum absolute atomic E-state index is 12.3. The molecule has 0 aliphatic heterocycles. The van der Waals surface area contributed by atoms with Crippen molar-refractivity contribution in [1.82, 2.24) is 9.97 Å². The van der Waals surface area contributed by atoms with Crippen LogP contribution < -0.4 is 9.47 Å². The second kappa shape index (κ2) is 19.0. The number of fused-ring (bicyclic) bond motifs is 6. The van der Waals surface area contributed by atoms with Gasteiger partial charge in [-0.05, 0) is 159 Å². The van der Waals surface area contributed by atoms with Gasteiger partial charge in [0.1, 0.15) is 23.0 Å². The van der Waals surface area contributed by atoms with E-state index in [0.717, 1.165) is 106 Å². The number of phenols is 2. The van der Waals surface area contributed by atoms with E-state index in [9.17, 15) is 10.2 Å². The molecule has 2 aromatic heterocycles. The number of rotatable bonds is 10. The number of aromatic amines is 2. The third-order valence-electron chi connectivity index (χ3n) is 15.5. The SMILES string of the molecule is CCCC(Oc1ccc(-c2cccc(-c3cc(C(C)(C)C)cc4c3[nH]c3ccc(C(C)(C)C)cc34)c2O)cc1C)Oc1ccc(-c2cccc(-c3cc(C(C)(C)C)cc4c3[nH]c3ccc(C(C)(C)C)cc34)c2O)cc1C. The summed E-state index contributed by atoms with van der Waals surface area (Å²) in [7, 11) is 0. The standard InChI is InChI=1S/C70H76N2O4/c1-16-19-62(75-60-30-24-42(32-40(60)2)48-20-17-22-50(65(48)73)54-36-46(69(10,11)12)38-56-52-34-44(67(4,5)6)26-28-58(52)71-63(54)56)76-61-31-25-43(33-41(61)3)49-21-18-23-51(66(49)74)55-37-47(70(13,14)15)39-57-53-35-45(68(7,8)9)27-29-59(53)72-64(55)57/h17-18,20-39,62,71-74H,16,19H2,1-15H3. The van der Waals surface area contributed by atoms with Gasteiger partial charge in [-0.15, -0.1) is 0 Å². The van der Waals surface area contributed by atoms with E-state index in [-0.39, 0.29) is 33.2 Å². The van der Waals surface area contributed by atoms with Crippen LogP contribution in [0.25, 0.3) is 88.1 Å². The van der Waals surface area contributed by atoms with E-state index in [1.54, 1.807) is 0 Å². The predicted molar refractivity (Wildman–Crippen MR) is 321 cm³/mol. The molecule has 2 heterocycles. The van der Waals surface area contributed by atoms with Gasteiger partial charge >= 0.3 is 0 Å². The summed E-state index contributed by atoms with van der Waals surface area (Å²) in [5.74, 6) is 1.91. The van der Waals surface area contributed by atoms with Crippen molar-refractivity contribution in [1.29, 1.82) is 0 Å². The molecule has 6 nitrogen and oxygen atoms in total. The topological polar surface area (TPSA) is 90.5 Å². The van der Waals surface area contributed by atoms with Crippen molar-refractivity contribution in [2.45, 2.75) is 145 Å². The zero-order valence-corrected chi connectivity index (χ0v) is 47.4. The first kappa shape index (κ1) is 52.0. The van der Waals surface area contributed by atoms with Gasteiger partial charge in [0, 0.05) is 72.4 Å². The normalized spacial score (nSPS) is 12.7. The second-order valence-electron chi connectivity index (χ2n) is 25.5. The fourth-order valence-corrected chi connectivity index (χ4v) is 10.8. The Morgan fingerprint density at radius 1 is 0.408 bits per heavy atom. The van der Waals surface area contributed by atoms with Crippen molar-refractivity contribution >= 4 is 43.6 Å². The van der Waals surface area contributed by atoms with E-state index >= 15 is 0 Å². The number of H-pyrrole nitrogens is 2. The molecule has 0 atom stereocenters. The van der Waals surface area contributed by atoms with Crippen molar-refractivity contribution in [2.75, 3.05) is 0 Å². The smallest absolute Gasteiger partial charge is 0.241 e. The highest BCUT2D eigenvalue weighted by molar-refractivity contribution is 6.14. The Hall–Kier alpha value is -7.44. The number of aromatic hydroxyl groups is 2. The van der Waals surface area contributed by atoms with E-state index in [1.165, 1.54) is 33.0 Å². The molecule has 0 spiro atoms. The van der Waals surface area contributed by atoms with Crippen LogP contribution in [0.2, 0.25) is 0 Å². The van der Waals surface area contributed by atoms with Gasteiger partial charge < -0.3 is 29.7 Å². The predicted octanol–water partition coefficient (Wildman–Crippen LogP) is 19.4. The van der Waals surface area contributed by atoms with E-state index in [0.29, 0.717) is 6.42 Å². The van der Waals surface area contributed by atoms with Crippen LogP contribution >= 0.6 is 0 Å². The molecule has 390 valence electrons. The lowest BCUT2D eigenvalue weighted by molar-refractivity contribution is -0.00202. The van der Waals surface area contributed by atoms with Crippen LogP contribution in [0, 0.1) is 13.8 Å². The van der Waals surface area contributed by atoms with Crippen LogP contribution in [-0.4, -0.2) is 26.5 Å². The Kier molecular flexibility index (Phi) is 13.0. The fraction of sp³-hybridized carbons (Fsp3) is 0.314. The molecule has 0 bridgehead atoms. The minimum Gasteiger partial charge on any atom is -0.507 e. The summed E-state index contributed by atoms with van der Waals surface area (Å²) in [6.07, 6.45) is 0.985. The molecule has 10 rings (SSSR count). The highest BCUT2D eigenvalue weighted by Crippen LogP contribution is 2.47. The molecular formula is C70H76N2O4. The Bertz CT molecular complexity index is 3620. The molecule has 0 aliphatic rings. The monoisotopic (exact) mass is 1010 g/mol. The van der Waals surface area contributed by atoms with Crippen LogP contribution in [0.5, 0.6) is 23.0 Å². The van der Waals surface area contributed by atoms with Crippen molar-refractivity contribution in [3.8, 4) is 67.5 Å². The van der Waals surface area contributed by atoms with Gasteiger partial charge in [-0.3, -0.25) is 0 Å². The molecule has 0 fully saturated rings. The molecule has 0 aliphatic carbocycles. The molecule has 4 N–H and O–H groups in total. The minimum atomic E-state index is -0.547. The van der Waals surface area contributed by atoms with Gasteiger partial charge in [0.2, 0.25) is 6.29 Å². The molecular weight excluding hydrogens is 933 g/mol. The molecule has 0 unspecified atom stereocenters. The third-order valence-corrected chi connectivity index (χ3v) is 15.5. The second-order valence-corrected chi connectivity index (χ2v) is 25.5. The van der Waals surface area contributed by atoms with Gasteiger partial charge in [0.05, 0.1) is 11.0 Å². The zero-order chi connectivity index (χ0) is 54.4. The molecule has 8 aromatic carbocycles. The van der Waals surface area contributed by atoms with Crippen molar-refractivity contribution < 1.29 is 19.7 Å². The number of hydrogen-bond acceptors (Lipinski definition) is 4. The van der Waals surface area contributed by atoms with Gasteiger partial charge in [0.25, 0.3) is 0 Å². The summed E-state index contributed by atoms with van der Waals surface area (Å²) in [4.78, 5) is 7.48. The molecule has 0 saturated carbocycles. The Morgan fingerprint density at radius 2 is 0.776 bits per heavy atom. The maximum Gasteiger partial charge on any atom is 0.241 e. The summed E-state index contributed by atoms with van der Waals surface area (Å²) in [6.45, 7) is 33.2. The molecule has 6 heteroatoms. The van der Waals surface area contributed by atoms with Crippen molar-refractivity contribution in [3.05, 3.63) is 167 Å². The van der Waals surface area contributed by atoms with E-state index in [4.69, 9.17) is 9.47 Å². The quantitative estimate of drug-likeness (QED) is 0.103. The maximum atomic E-state index is 12.3. The number of aromatic nitrogens is 2. The first-order valence-electron chi connectivity index (χ1n) is 27.2.